The first kappa shape index (κ1) is 19.9. The number of carbonyl (C=O) groups is 2. The van der Waals surface area contributed by atoms with Crippen molar-refractivity contribution in [2.45, 2.75) is 58.0 Å². The molecule has 2 aromatic heterocycles. The summed E-state index contributed by atoms with van der Waals surface area (Å²) < 4.78 is 1.97. The molecule has 156 valence electrons. The van der Waals surface area contributed by atoms with Crippen LogP contribution in [0.25, 0.3) is 5.65 Å². The van der Waals surface area contributed by atoms with E-state index in [0.29, 0.717) is 19.0 Å². The summed E-state index contributed by atoms with van der Waals surface area (Å²) in [7, 11) is 0. The highest BCUT2D eigenvalue weighted by molar-refractivity contribution is 5.88. The number of hydrogen-bond donors (Lipinski definition) is 2. The highest BCUT2D eigenvalue weighted by atomic mass is 16.2. The van der Waals surface area contributed by atoms with Crippen molar-refractivity contribution in [3.05, 3.63) is 35.8 Å². The molecule has 0 aromatic carbocycles. The van der Waals surface area contributed by atoms with Crippen molar-refractivity contribution in [3.63, 3.8) is 0 Å². The molecule has 1 saturated carbocycles. The van der Waals surface area contributed by atoms with Crippen LogP contribution in [0, 0.1) is 12.8 Å². The third-order valence-corrected chi connectivity index (χ3v) is 6.15. The highest BCUT2D eigenvalue weighted by Crippen LogP contribution is 2.25. The average molecular weight is 398 g/mol. The van der Waals surface area contributed by atoms with Crippen LogP contribution in [0.15, 0.2) is 24.5 Å². The lowest BCUT2D eigenvalue weighted by Gasteiger charge is -2.37. The summed E-state index contributed by atoms with van der Waals surface area (Å²) in [5, 5.41) is 5.87. The molecule has 7 heteroatoms. The largest absolute Gasteiger partial charge is 0.353 e. The molecule has 3 heterocycles. The van der Waals surface area contributed by atoms with Gasteiger partial charge in [0.1, 0.15) is 5.65 Å². The van der Waals surface area contributed by atoms with E-state index in [1.54, 1.807) is 0 Å². The summed E-state index contributed by atoms with van der Waals surface area (Å²) >= 11 is 0. The zero-order valence-electron chi connectivity index (χ0n) is 17.2. The Hall–Kier alpha value is -2.41. The Morgan fingerprint density at radius 1 is 1.24 bits per heavy atom. The van der Waals surface area contributed by atoms with E-state index in [9.17, 15) is 9.59 Å². The maximum absolute atomic E-state index is 12.6. The van der Waals surface area contributed by atoms with Crippen LogP contribution in [0.2, 0.25) is 0 Å². The minimum atomic E-state index is -0.366. The van der Waals surface area contributed by atoms with Gasteiger partial charge in [-0.3, -0.25) is 14.5 Å². The molecule has 2 amide bonds. The van der Waals surface area contributed by atoms with Crippen molar-refractivity contribution in [2.24, 2.45) is 5.92 Å². The molecule has 2 aromatic rings. The molecular formula is C22H31N5O2. The quantitative estimate of drug-likeness (QED) is 0.782. The standard InChI is InChI=1S/C22H31N5O2/c1-16-7-8-20-25-18(15-27(20)13-16)12-24-21(28)11-19-22(29)23-9-10-26(19)14-17-5-3-2-4-6-17/h7-8,13,15,17,19H,2-6,9-12,14H2,1H3,(H,23,29)(H,24,28). The van der Waals surface area contributed by atoms with Crippen LogP contribution >= 0.6 is 0 Å². The van der Waals surface area contributed by atoms with Gasteiger partial charge in [0.05, 0.1) is 24.7 Å². The summed E-state index contributed by atoms with van der Waals surface area (Å²) in [6.45, 7) is 4.83. The number of nitrogens with zero attached hydrogens (tertiary/aromatic N) is 3. The predicted octanol–water partition coefficient (Wildman–Crippen LogP) is 2.03. The van der Waals surface area contributed by atoms with Crippen LogP contribution in [-0.2, 0) is 16.1 Å². The van der Waals surface area contributed by atoms with Gasteiger partial charge in [0.15, 0.2) is 0 Å². The number of amides is 2. The highest BCUT2D eigenvalue weighted by Gasteiger charge is 2.33. The molecule has 2 N–H and O–H groups in total. The smallest absolute Gasteiger partial charge is 0.237 e. The first-order valence-electron chi connectivity index (χ1n) is 10.8. The molecule has 2 fully saturated rings. The molecule has 29 heavy (non-hydrogen) atoms. The van der Waals surface area contributed by atoms with E-state index in [4.69, 9.17) is 0 Å². The number of pyridine rings is 1. The van der Waals surface area contributed by atoms with E-state index in [1.807, 2.05) is 35.9 Å². The molecular weight excluding hydrogens is 366 g/mol. The second kappa shape index (κ2) is 8.95. The van der Waals surface area contributed by atoms with Gasteiger partial charge < -0.3 is 15.0 Å². The molecule has 1 saturated heterocycles. The minimum Gasteiger partial charge on any atom is -0.353 e. The van der Waals surface area contributed by atoms with Gasteiger partial charge >= 0.3 is 0 Å². The Kier molecular flexibility index (Phi) is 6.13. The zero-order valence-corrected chi connectivity index (χ0v) is 17.2. The van der Waals surface area contributed by atoms with Crippen molar-refractivity contribution in [1.82, 2.24) is 24.9 Å². The normalized spacial score (nSPS) is 21.3. The fourth-order valence-corrected chi connectivity index (χ4v) is 4.58. The Morgan fingerprint density at radius 2 is 2.07 bits per heavy atom. The number of hydrogen-bond acceptors (Lipinski definition) is 4. The lowest BCUT2D eigenvalue weighted by molar-refractivity contribution is -0.134. The van der Waals surface area contributed by atoms with Gasteiger partial charge in [0.2, 0.25) is 11.8 Å². The molecule has 7 nitrogen and oxygen atoms in total. The molecule has 1 unspecified atom stereocenters. The van der Waals surface area contributed by atoms with Crippen molar-refractivity contribution in [3.8, 4) is 0 Å². The molecule has 2 aliphatic rings. The summed E-state index contributed by atoms with van der Waals surface area (Å²) in [5.74, 6) is 0.529. The fourth-order valence-electron chi connectivity index (χ4n) is 4.58. The summed E-state index contributed by atoms with van der Waals surface area (Å²) in [5.41, 5.74) is 2.84. The van der Waals surface area contributed by atoms with Gasteiger partial charge in [-0.1, -0.05) is 25.3 Å². The Balaban J connectivity index is 1.33. The van der Waals surface area contributed by atoms with Gasteiger partial charge in [-0.05, 0) is 37.3 Å². The number of aryl methyl sites for hydroxylation is 1. The minimum absolute atomic E-state index is 0.0228. The maximum atomic E-state index is 12.6. The molecule has 1 aliphatic carbocycles. The van der Waals surface area contributed by atoms with Crippen LogP contribution in [0.4, 0.5) is 0 Å². The van der Waals surface area contributed by atoms with Crippen molar-refractivity contribution in [2.75, 3.05) is 19.6 Å². The van der Waals surface area contributed by atoms with E-state index in [-0.39, 0.29) is 24.3 Å². The fraction of sp³-hybridized carbons (Fsp3) is 0.591. The van der Waals surface area contributed by atoms with Crippen LogP contribution in [-0.4, -0.2) is 51.8 Å². The third kappa shape index (κ3) is 4.96. The maximum Gasteiger partial charge on any atom is 0.237 e. The van der Waals surface area contributed by atoms with Crippen LogP contribution in [0.1, 0.15) is 49.8 Å². The molecule has 0 bridgehead atoms. The van der Waals surface area contributed by atoms with Crippen molar-refractivity contribution < 1.29 is 9.59 Å². The lowest BCUT2D eigenvalue weighted by atomic mass is 9.88. The average Bonchev–Trinajstić information content (AvgIpc) is 3.12. The number of nitrogens with one attached hydrogen (secondary N) is 2. The number of rotatable bonds is 6. The molecule has 1 aliphatic heterocycles. The van der Waals surface area contributed by atoms with Crippen LogP contribution < -0.4 is 10.6 Å². The predicted molar refractivity (Wildman–Crippen MR) is 111 cm³/mol. The second-order valence-electron chi connectivity index (χ2n) is 8.49. The van der Waals surface area contributed by atoms with E-state index in [0.717, 1.165) is 30.0 Å². The number of piperazine rings is 1. The van der Waals surface area contributed by atoms with Gasteiger partial charge in [0.25, 0.3) is 0 Å². The van der Waals surface area contributed by atoms with E-state index >= 15 is 0 Å². The number of aromatic nitrogens is 2. The van der Waals surface area contributed by atoms with Gasteiger partial charge in [-0.2, -0.15) is 0 Å². The monoisotopic (exact) mass is 397 g/mol. The SMILES string of the molecule is Cc1ccc2nc(CNC(=O)CC3C(=O)NCCN3CC3CCCCC3)cn2c1. The Bertz CT molecular complexity index is 871. The molecule has 0 radical (unpaired) electrons. The summed E-state index contributed by atoms with van der Waals surface area (Å²) in [6, 6.07) is 3.62. The van der Waals surface area contributed by atoms with Crippen molar-refractivity contribution in [1.29, 1.82) is 0 Å². The number of carbonyl (C=O) groups excluding carboxylic acids is 2. The first-order chi connectivity index (χ1) is 14.1. The van der Waals surface area contributed by atoms with E-state index in [2.05, 4.69) is 20.5 Å². The first-order valence-corrected chi connectivity index (χ1v) is 10.8. The van der Waals surface area contributed by atoms with Crippen LogP contribution in [0.3, 0.4) is 0 Å². The van der Waals surface area contributed by atoms with Gasteiger partial charge in [-0.15, -0.1) is 0 Å². The molecule has 4 rings (SSSR count). The second-order valence-corrected chi connectivity index (χ2v) is 8.49. The summed E-state index contributed by atoms with van der Waals surface area (Å²) in [6.07, 6.45) is 10.5. The van der Waals surface area contributed by atoms with Crippen molar-refractivity contribution >= 4 is 17.5 Å². The van der Waals surface area contributed by atoms with E-state index < -0.39 is 0 Å². The zero-order chi connectivity index (χ0) is 20.2. The molecule has 1 atom stereocenters. The topological polar surface area (TPSA) is 78.7 Å². The Labute approximate surface area is 171 Å². The third-order valence-electron chi connectivity index (χ3n) is 6.15. The van der Waals surface area contributed by atoms with Gasteiger partial charge in [0, 0.05) is 32.0 Å². The van der Waals surface area contributed by atoms with Gasteiger partial charge in [-0.25, -0.2) is 4.98 Å². The molecule has 0 spiro atoms. The van der Waals surface area contributed by atoms with E-state index in [1.165, 1.54) is 32.1 Å². The van der Waals surface area contributed by atoms with Crippen LogP contribution in [0.5, 0.6) is 0 Å². The number of fused-ring (bicyclic) bond motifs is 1. The summed E-state index contributed by atoms with van der Waals surface area (Å²) in [4.78, 5) is 31.8. The lowest BCUT2D eigenvalue weighted by Crippen LogP contribution is -2.57. The Morgan fingerprint density at radius 3 is 2.90 bits per heavy atom. The number of imidazole rings is 1.